The minimum absolute atomic E-state index is 0.0794. The Balaban J connectivity index is 1.52. The molecule has 0 saturated carbocycles. The van der Waals surface area contributed by atoms with Crippen LogP contribution < -0.4 is 10.1 Å². The highest BCUT2D eigenvalue weighted by Crippen LogP contribution is 2.20. The molecule has 0 unspecified atom stereocenters. The van der Waals surface area contributed by atoms with Gasteiger partial charge in [-0.05, 0) is 73.4 Å². The van der Waals surface area contributed by atoms with Gasteiger partial charge in [-0.15, -0.1) is 0 Å². The standard InChI is InChI=1S/C22H22N2O2/c1-16-3-4-18(15-17(16)2)9-14-24-22(25)19-5-7-20(8-6-19)26-21-10-12-23-13-11-21/h3-8,10-13,15H,9,14H2,1-2H3,(H,24,25). The Hall–Kier alpha value is -3.14. The maximum Gasteiger partial charge on any atom is 0.251 e. The number of amides is 1. The topological polar surface area (TPSA) is 51.2 Å². The number of benzene rings is 2. The molecular formula is C22H22N2O2. The SMILES string of the molecule is Cc1ccc(CCNC(=O)c2ccc(Oc3ccncc3)cc2)cc1C. The fourth-order valence-electron chi connectivity index (χ4n) is 2.60. The van der Waals surface area contributed by atoms with E-state index in [2.05, 4.69) is 42.3 Å². The predicted molar refractivity (Wildman–Crippen MR) is 103 cm³/mol. The Labute approximate surface area is 153 Å². The van der Waals surface area contributed by atoms with Crippen LogP contribution in [0, 0.1) is 13.8 Å². The van der Waals surface area contributed by atoms with Gasteiger partial charge in [-0.1, -0.05) is 18.2 Å². The fourth-order valence-corrected chi connectivity index (χ4v) is 2.60. The molecule has 0 atom stereocenters. The van der Waals surface area contributed by atoms with Crippen LogP contribution in [0.25, 0.3) is 0 Å². The molecule has 0 radical (unpaired) electrons. The summed E-state index contributed by atoms with van der Waals surface area (Å²) in [6.07, 6.45) is 4.16. The van der Waals surface area contributed by atoms with E-state index in [0.29, 0.717) is 23.6 Å². The van der Waals surface area contributed by atoms with Gasteiger partial charge in [0.1, 0.15) is 11.5 Å². The van der Waals surface area contributed by atoms with Gasteiger partial charge in [0.15, 0.2) is 0 Å². The number of carbonyl (C=O) groups is 1. The van der Waals surface area contributed by atoms with E-state index in [1.165, 1.54) is 16.7 Å². The lowest BCUT2D eigenvalue weighted by Gasteiger charge is -2.08. The van der Waals surface area contributed by atoms with Crippen molar-refractivity contribution < 1.29 is 9.53 Å². The van der Waals surface area contributed by atoms with E-state index in [0.717, 1.165) is 6.42 Å². The van der Waals surface area contributed by atoms with E-state index in [9.17, 15) is 4.79 Å². The average molecular weight is 346 g/mol. The summed E-state index contributed by atoms with van der Waals surface area (Å²) in [6.45, 7) is 4.81. The highest BCUT2D eigenvalue weighted by Gasteiger charge is 2.06. The van der Waals surface area contributed by atoms with Crippen molar-refractivity contribution in [2.75, 3.05) is 6.54 Å². The quantitative estimate of drug-likeness (QED) is 0.717. The fraction of sp³-hybridized carbons (Fsp3) is 0.182. The lowest BCUT2D eigenvalue weighted by Crippen LogP contribution is -2.25. The Kier molecular flexibility index (Phi) is 5.64. The Morgan fingerprint density at radius 3 is 2.31 bits per heavy atom. The molecule has 4 nitrogen and oxygen atoms in total. The normalized spacial score (nSPS) is 10.4. The number of hydrogen-bond acceptors (Lipinski definition) is 3. The van der Waals surface area contributed by atoms with Gasteiger partial charge in [-0.2, -0.15) is 0 Å². The average Bonchev–Trinajstić information content (AvgIpc) is 2.66. The van der Waals surface area contributed by atoms with Crippen molar-refractivity contribution in [2.24, 2.45) is 0 Å². The van der Waals surface area contributed by atoms with Crippen molar-refractivity contribution in [2.45, 2.75) is 20.3 Å². The molecule has 1 N–H and O–H groups in total. The summed E-state index contributed by atoms with van der Waals surface area (Å²) in [4.78, 5) is 16.2. The molecule has 3 aromatic rings. The monoisotopic (exact) mass is 346 g/mol. The van der Waals surface area contributed by atoms with Crippen LogP contribution in [0.4, 0.5) is 0 Å². The molecule has 3 rings (SSSR count). The number of hydrogen-bond donors (Lipinski definition) is 1. The molecule has 1 amide bonds. The highest BCUT2D eigenvalue weighted by molar-refractivity contribution is 5.94. The third kappa shape index (κ3) is 4.70. The molecule has 4 heteroatoms. The lowest BCUT2D eigenvalue weighted by atomic mass is 10.0. The maximum atomic E-state index is 12.3. The van der Waals surface area contributed by atoms with Gasteiger partial charge >= 0.3 is 0 Å². The number of nitrogens with one attached hydrogen (secondary N) is 1. The van der Waals surface area contributed by atoms with Crippen molar-refractivity contribution in [3.05, 3.63) is 89.2 Å². The smallest absolute Gasteiger partial charge is 0.251 e. The molecule has 0 saturated heterocycles. The number of rotatable bonds is 6. The second-order valence-corrected chi connectivity index (χ2v) is 6.23. The maximum absolute atomic E-state index is 12.3. The van der Waals surface area contributed by atoms with Gasteiger partial charge in [-0.3, -0.25) is 9.78 Å². The Morgan fingerprint density at radius 2 is 1.62 bits per heavy atom. The van der Waals surface area contributed by atoms with Gasteiger partial charge in [-0.25, -0.2) is 0 Å². The van der Waals surface area contributed by atoms with Crippen LogP contribution in [0.3, 0.4) is 0 Å². The molecule has 0 aliphatic carbocycles. The number of carbonyl (C=O) groups excluding carboxylic acids is 1. The molecule has 1 aromatic heterocycles. The van der Waals surface area contributed by atoms with Crippen LogP contribution in [0.1, 0.15) is 27.0 Å². The third-order valence-corrected chi connectivity index (χ3v) is 4.27. The molecule has 0 aliphatic rings. The van der Waals surface area contributed by atoms with E-state index in [1.54, 1.807) is 48.8 Å². The largest absolute Gasteiger partial charge is 0.457 e. The zero-order chi connectivity index (χ0) is 18.4. The van der Waals surface area contributed by atoms with Crippen molar-refractivity contribution in [1.82, 2.24) is 10.3 Å². The zero-order valence-electron chi connectivity index (χ0n) is 15.0. The van der Waals surface area contributed by atoms with Crippen molar-refractivity contribution >= 4 is 5.91 Å². The van der Waals surface area contributed by atoms with Crippen molar-refractivity contribution in [3.63, 3.8) is 0 Å². The summed E-state index contributed by atoms with van der Waals surface area (Å²) in [5, 5.41) is 2.96. The first-order valence-corrected chi connectivity index (χ1v) is 8.64. The summed E-state index contributed by atoms with van der Waals surface area (Å²) in [5.41, 5.74) is 4.41. The summed E-state index contributed by atoms with van der Waals surface area (Å²) < 4.78 is 5.70. The minimum Gasteiger partial charge on any atom is -0.457 e. The molecule has 0 fully saturated rings. The summed E-state index contributed by atoms with van der Waals surface area (Å²) in [5.74, 6) is 1.32. The van der Waals surface area contributed by atoms with Crippen molar-refractivity contribution in [1.29, 1.82) is 0 Å². The molecule has 132 valence electrons. The van der Waals surface area contributed by atoms with Crippen LogP contribution >= 0.6 is 0 Å². The van der Waals surface area contributed by atoms with Gasteiger partial charge in [0.25, 0.3) is 5.91 Å². The van der Waals surface area contributed by atoms with Crippen LogP contribution in [-0.4, -0.2) is 17.4 Å². The first-order chi connectivity index (χ1) is 12.6. The van der Waals surface area contributed by atoms with E-state index >= 15 is 0 Å². The van der Waals surface area contributed by atoms with E-state index in [1.807, 2.05) is 0 Å². The van der Waals surface area contributed by atoms with Crippen LogP contribution in [0.5, 0.6) is 11.5 Å². The van der Waals surface area contributed by atoms with Crippen LogP contribution in [-0.2, 0) is 6.42 Å². The summed E-state index contributed by atoms with van der Waals surface area (Å²) in [6, 6.07) is 17.1. The van der Waals surface area contributed by atoms with E-state index in [4.69, 9.17) is 4.74 Å². The van der Waals surface area contributed by atoms with Crippen LogP contribution in [0.2, 0.25) is 0 Å². The predicted octanol–water partition coefficient (Wildman–Crippen LogP) is 4.46. The van der Waals surface area contributed by atoms with Gasteiger partial charge < -0.3 is 10.1 Å². The minimum atomic E-state index is -0.0794. The summed E-state index contributed by atoms with van der Waals surface area (Å²) >= 11 is 0. The number of aromatic nitrogens is 1. The molecular weight excluding hydrogens is 324 g/mol. The number of nitrogens with zero attached hydrogens (tertiary/aromatic N) is 1. The Morgan fingerprint density at radius 1 is 0.923 bits per heavy atom. The van der Waals surface area contributed by atoms with E-state index in [-0.39, 0.29) is 5.91 Å². The Bertz CT molecular complexity index is 874. The molecule has 0 bridgehead atoms. The van der Waals surface area contributed by atoms with E-state index < -0.39 is 0 Å². The molecule has 0 spiro atoms. The molecule has 2 aromatic carbocycles. The molecule has 26 heavy (non-hydrogen) atoms. The first kappa shape index (κ1) is 17.7. The third-order valence-electron chi connectivity index (χ3n) is 4.27. The van der Waals surface area contributed by atoms with Gasteiger partial charge in [0.2, 0.25) is 0 Å². The highest BCUT2D eigenvalue weighted by atomic mass is 16.5. The second-order valence-electron chi connectivity index (χ2n) is 6.23. The number of aryl methyl sites for hydroxylation is 2. The van der Waals surface area contributed by atoms with Gasteiger partial charge in [0.05, 0.1) is 0 Å². The first-order valence-electron chi connectivity index (χ1n) is 8.64. The number of pyridine rings is 1. The molecule has 0 aliphatic heterocycles. The zero-order valence-corrected chi connectivity index (χ0v) is 15.0. The lowest BCUT2D eigenvalue weighted by molar-refractivity contribution is 0.0954. The number of ether oxygens (including phenoxy) is 1. The summed E-state index contributed by atoms with van der Waals surface area (Å²) in [7, 11) is 0. The second kappa shape index (κ2) is 8.30. The van der Waals surface area contributed by atoms with Crippen LogP contribution in [0.15, 0.2) is 67.0 Å². The van der Waals surface area contributed by atoms with Gasteiger partial charge in [0, 0.05) is 24.5 Å². The molecule has 1 heterocycles. The van der Waals surface area contributed by atoms with Crippen molar-refractivity contribution in [3.8, 4) is 11.5 Å².